The highest BCUT2D eigenvalue weighted by Gasteiger charge is 1.28. The summed E-state index contributed by atoms with van der Waals surface area (Å²) in [7, 11) is 2.75. The van der Waals surface area contributed by atoms with Gasteiger partial charge < -0.3 is 9.68 Å². The Morgan fingerprint density at radius 3 is 2.25 bits per heavy atom. The molecule has 0 unspecified atom stereocenters. The first-order chi connectivity index (χ1) is 1.91. The van der Waals surface area contributed by atoms with E-state index < -0.39 is 0 Å². The van der Waals surface area contributed by atoms with Crippen LogP contribution < -0.4 is 0 Å². The van der Waals surface area contributed by atoms with E-state index in [1.807, 2.05) is 0 Å². The molecule has 18 valence electrons. The van der Waals surface area contributed by atoms with E-state index >= 15 is 0 Å². The molecule has 0 N–H and O–H groups in total. The van der Waals surface area contributed by atoms with Gasteiger partial charge in [0.05, 0.1) is 5.62 Å². The second kappa shape index (κ2) is 2.49. The maximum absolute atomic E-state index is 4.49. The smallest absolute Gasteiger partial charge is 0.276 e. The summed E-state index contributed by atoms with van der Waals surface area (Å²) >= 11 is 0. The molecule has 0 fully saturated rings. The van der Waals surface area contributed by atoms with E-state index in [-0.39, 0.29) is 0 Å². The van der Waals surface area contributed by atoms with E-state index in [4.69, 9.17) is 0 Å². The number of nitrogens with zero attached hydrogens (tertiary/aromatic N) is 1. The Morgan fingerprint density at radius 2 is 2.25 bits per heavy atom. The van der Waals surface area contributed by atoms with Gasteiger partial charge in [-0.3, -0.25) is 0 Å². The molecular formula is C2HNSi. The molecule has 0 spiro atoms. The molecule has 2 heteroatoms. The Morgan fingerprint density at radius 1 is 2.00 bits per heavy atom. The van der Waals surface area contributed by atoms with Crippen LogP contribution in [0.15, 0.2) is 0 Å². The molecule has 1 nitrogen and oxygen atoms in total. The van der Waals surface area contributed by atoms with Gasteiger partial charge in [0, 0.05) is 0 Å². The summed E-state index contributed by atoms with van der Waals surface area (Å²) in [6.45, 7) is 4.49. The summed E-state index contributed by atoms with van der Waals surface area (Å²) in [5, 5.41) is 0. The fraction of sp³-hybridized carbons (Fsp3) is 0. The van der Waals surface area contributed by atoms with Gasteiger partial charge in [-0.2, -0.15) is 0 Å². The molecule has 4 heavy (non-hydrogen) atoms. The van der Waals surface area contributed by atoms with Gasteiger partial charge in [-0.1, -0.05) is 0 Å². The Labute approximate surface area is 27.8 Å². The first-order valence-corrected chi connectivity index (χ1v) is 1.23. The van der Waals surface area contributed by atoms with Crippen LogP contribution in [0.25, 0.3) is 4.85 Å². The molecule has 0 saturated heterocycles. The summed E-state index contributed by atoms with van der Waals surface area (Å²) in [6.07, 6.45) is 0. The highest BCUT2D eigenvalue weighted by Crippen LogP contribution is 1.38. The molecule has 0 atom stereocenters. The SMILES string of the molecule is C#[N+]C#[Si-]. The molecule has 0 rings (SSSR count). The topological polar surface area (TPSA) is 4.36 Å². The highest BCUT2D eigenvalue weighted by molar-refractivity contribution is 5.96. The van der Waals surface area contributed by atoms with Crippen molar-refractivity contribution in [2.24, 2.45) is 0 Å². The van der Waals surface area contributed by atoms with E-state index in [2.05, 4.69) is 26.7 Å². The normalized spacial score (nSPS) is 2.50. The third kappa shape index (κ3) is 1.49. The van der Waals surface area contributed by atoms with Crippen molar-refractivity contribution >= 4 is 9.68 Å². The van der Waals surface area contributed by atoms with Crippen molar-refractivity contribution in [1.82, 2.24) is 0 Å². The Hall–Kier alpha value is -0.513. The first-order valence-electron chi connectivity index (χ1n) is 0.732. The van der Waals surface area contributed by atoms with E-state index in [1.165, 1.54) is 0 Å². The average molecular weight is 67.1 g/mol. The monoisotopic (exact) mass is 67.0 g/mol. The molecule has 0 heterocycles. The van der Waals surface area contributed by atoms with Crippen LogP contribution >= 0.6 is 0 Å². The van der Waals surface area contributed by atoms with Crippen molar-refractivity contribution in [3.05, 3.63) is 4.85 Å². The Kier molecular flexibility index (Phi) is 2.17. The number of rotatable bonds is 0. The molecule has 0 saturated carbocycles. The standard InChI is InChI=1S/C2HNSi/c1-3-2-4/h1H. The number of hydrogen-bond donors (Lipinski definition) is 0. The van der Waals surface area contributed by atoms with Gasteiger partial charge in [-0.15, -0.1) is 0 Å². The molecule has 0 aromatic heterocycles. The van der Waals surface area contributed by atoms with Gasteiger partial charge in [0.1, 0.15) is 0 Å². The quantitative estimate of drug-likeness (QED) is 0.352. The minimum atomic E-state index is 2.14. The summed E-state index contributed by atoms with van der Waals surface area (Å²) < 4.78 is 0. The molecule has 0 aromatic carbocycles. The minimum absolute atomic E-state index is 2.14. The maximum atomic E-state index is 4.49. The summed E-state index contributed by atoms with van der Waals surface area (Å²) in [5.74, 6) is 0. The van der Waals surface area contributed by atoms with E-state index in [0.717, 1.165) is 0 Å². The summed E-state index contributed by atoms with van der Waals surface area (Å²) in [4.78, 5) is 2.90. The zero-order chi connectivity index (χ0) is 3.41. The van der Waals surface area contributed by atoms with Crippen LogP contribution in [0.3, 0.4) is 0 Å². The molecule has 0 amide bonds. The van der Waals surface area contributed by atoms with E-state index in [0.29, 0.717) is 0 Å². The Balaban J connectivity index is 3.14. The van der Waals surface area contributed by atoms with Crippen LogP contribution in [-0.2, 0) is 0 Å². The molecule has 0 bridgehead atoms. The van der Waals surface area contributed by atoms with E-state index in [1.54, 1.807) is 0 Å². The minimum Gasteiger partial charge on any atom is -0.520 e. The van der Waals surface area contributed by atoms with Crippen LogP contribution in [0.4, 0.5) is 0 Å². The second-order valence-corrected chi connectivity index (χ2v) is 0.465. The van der Waals surface area contributed by atoms with Crippen molar-refractivity contribution in [2.75, 3.05) is 0 Å². The second-order valence-electron chi connectivity index (χ2n) is 0.241. The zero-order valence-electron chi connectivity index (χ0n) is 2.02. The van der Waals surface area contributed by atoms with Crippen LogP contribution in [0.2, 0.25) is 0 Å². The maximum Gasteiger partial charge on any atom is 0.276 e. The van der Waals surface area contributed by atoms with Gasteiger partial charge in [-0.05, 0) is 4.85 Å². The third-order valence-corrected chi connectivity index (χ3v) is 0.194. The fourth-order valence-corrected chi connectivity index (χ4v) is 0. The van der Waals surface area contributed by atoms with Crippen LogP contribution in [-0.4, -0.2) is 9.68 Å². The predicted octanol–water partition coefficient (Wildman–Crippen LogP) is 0.0343. The lowest BCUT2D eigenvalue weighted by Crippen LogP contribution is -1.21. The fourth-order valence-electron chi connectivity index (χ4n) is 0. The van der Waals surface area contributed by atoms with Crippen LogP contribution in [0.5, 0.6) is 0 Å². The Bertz CT molecular complexity index is 61.0. The van der Waals surface area contributed by atoms with Gasteiger partial charge in [0.2, 0.25) is 0 Å². The van der Waals surface area contributed by atoms with Crippen molar-refractivity contribution in [3.63, 3.8) is 0 Å². The van der Waals surface area contributed by atoms with Crippen molar-refractivity contribution in [1.29, 1.82) is 0 Å². The van der Waals surface area contributed by atoms with Gasteiger partial charge in [0.25, 0.3) is 6.57 Å². The van der Waals surface area contributed by atoms with E-state index in [9.17, 15) is 0 Å². The average Bonchev–Trinajstić information content (AvgIpc) is 1.37. The van der Waals surface area contributed by atoms with Crippen molar-refractivity contribution in [2.45, 2.75) is 0 Å². The summed E-state index contributed by atoms with van der Waals surface area (Å²) in [6, 6.07) is 0. The molecule has 0 aromatic rings. The van der Waals surface area contributed by atoms with Gasteiger partial charge in [0.15, 0.2) is 0 Å². The molecule has 0 aliphatic carbocycles. The molecule has 0 aliphatic rings. The van der Waals surface area contributed by atoms with Crippen LogP contribution in [0, 0.1) is 12.2 Å². The number of hydrogen-bond acceptors (Lipinski definition) is 0. The summed E-state index contributed by atoms with van der Waals surface area (Å²) in [5.41, 5.74) is 2.14. The first kappa shape index (κ1) is 3.49. The zero-order valence-corrected chi connectivity index (χ0v) is 3.02. The lowest BCUT2D eigenvalue weighted by Gasteiger charge is -1.30. The van der Waals surface area contributed by atoms with Crippen molar-refractivity contribution < 1.29 is 0 Å². The predicted molar refractivity (Wildman–Crippen MR) is 17.9 cm³/mol. The lowest BCUT2D eigenvalue weighted by molar-refractivity contribution is 2.41. The van der Waals surface area contributed by atoms with Gasteiger partial charge in [-0.25, -0.2) is 0 Å². The third-order valence-electron chi connectivity index (χ3n) is 0.0645. The molecule has 0 aliphatic heterocycles. The highest BCUT2D eigenvalue weighted by atomic mass is 28.1. The lowest BCUT2D eigenvalue weighted by atomic mass is 11.5. The van der Waals surface area contributed by atoms with Gasteiger partial charge >= 0.3 is 0 Å². The molecular weight excluding hydrogens is 66.1 g/mol. The van der Waals surface area contributed by atoms with Crippen molar-refractivity contribution in [3.8, 4) is 12.2 Å². The van der Waals surface area contributed by atoms with Crippen LogP contribution in [0.1, 0.15) is 0 Å². The largest absolute Gasteiger partial charge is 0.520 e. The molecule has 0 radical (unpaired) electrons.